The van der Waals surface area contributed by atoms with E-state index in [0.29, 0.717) is 12.8 Å². The third kappa shape index (κ3) is 3.67. The zero-order chi connectivity index (χ0) is 12.9. The van der Waals surface area contributed by atoms with Crippen LogP contribution in [0.3, 0.4) is 0 Å². The number of nitrogens with one attached hydrogen (secondary N) is 2. The summed E-state index contributed by atoms with van der Waals surface area (Å²) in [5.74, 6) is -0.362. The van der Waals surface area contributed by atoms with E-state index < -0.39 is 5.54 Å². The second-order valence-corrected chi connectivity index (χ2v) is 4.15. The fraction of sp³-hybridized carbons (Fsp3) is 0.545. The Hall–Kier alpha value is -1.69. The van der Waals surface area contributed by atoms with Crippen molar-refractivity contribution in [2.45, 2.75) is 32.2 Å². The summed E-state index contributed by atoms with van der Waals surface area (Å²) < 4.78 is 0. The number of aliphatic hydroxyl groups is 1. The highest BCUT2D eigenvalue weighted by Gasteiger charge is 2.24. The van der Waals surface area contributed by atoms with Crippen LogP contribution < -0.4 is 10.9 Å². The van der Waals surface area contributed by atoms with Crippen LogP contribution >= 0.6 is 0 Å². The molecule has 1 aromatic rings. The normalized spacial score (nSPS) is 14.1. The summed E-state index contributed by atoms with van der Waals surface area (Å²) in [6.45, 7) is 3.78. The maximum absolute atomic E-state index is 11.8. The zero-order valence-corrected chi connectivity index (χ0v) is 9.99. The summed E-state index contributed by atoms with van der Waals surface area (Å²) in [5, 5.41) is 17.6. The van der Waals surface area contributed by atoms with Gasteiger partial charge in [0, 0.05) is 18.2 Å². The van der Waals surface area contributed by atoms with Gasteiger partial charge in [0.25, 0.3) is 11.5 Å². The van der Waals surface area contributed by atoms with Crippen LogP contribution in [-0.2, 0) is 0 Å². The van der Waals surface area contributed by atoms with Crippen LogP contribution in [0.15, 0.2) is 16.9 Å². The summed E-state index contributed by atoms with van der Waals surface area (Å²) in [5.41, 5.74) is -0.665. The van der Waals surface area contributed by atoms with Crippen molar-refractivity contribution < 1.29 is 9.90 Å². The average molecular weight is 239 g/mol. The van der Waals surface area contributed by atoms with Crippen molar-refractivity contribution in [2.75, 3.05) is 6.61 Å². The number of H-pyrrole nitrogens is 1. The van der Waals surface area contributed by atoms with Crippen molar-refractivity contribution in [2.24, 2.45) is 0 Å². The van der Waals surface area contributed by atoms with Crippen LogP contribution in [0.2, 0.25) is 0 Å². The maximum Gasteiger partial charge on any atom is 0.272 e. The van der Waals surface area contributed by atoms with Gasteiger partial charge in [0.1, 0.15) is 5.69 Å². The van der Waals surface area contributed by atoms with Crippen LogP contribution in [0.4, 0.5) is 0 Å². The Balaban J connectivity index is 2.77. The molecule has 1 rings (SSSR count). The van der Waals surface area contributed by atoms with E-state index in [0.717, 1.165) is 0 Å². The van der Waals surface area contributed by atoms with Gasteiger partial charge in [-0.3, -0.25) is 9.59 Å². The van der Waals surface area contributed by atoms with Gasteiger partial charge in [-0.25, -0.2) is 5.10 Å². The van der Waals surface area contributed by atoms with Crippen LogP contribution in [0.5, 0.6) is 0 Å². The number of amides is 1. The second kappa shape index (κ2) is 5.58. The summed E-state index contributed by atoms with van der Waals surface area (Å²) in [4.78, 5) is 22.6. The average Bonchev–Trinajstić information content (AvgIpc) is 2.30. The summed E-state index contributed by atoms with van der Waals surface area (Å²) >= 11 is 0. The van der Waals surface area contributed by atoms with Crippen molar-refractivity contribution >= 4 is 5.91 Å². The monoisotopic (exact) mass is 239 g/mol. The van der Waals surface area contributed by atoms with E-state index in [1.165, 1.54) is 12.1 Å². The first kappa shape index (κ1) is 13.4. The van der Waals surface area contributed by atoms with Gasteiger partial charge in [0.05, 0.1) is 0 Å². The van der Waals surface area contributed by atoms with Crippen molar-refractivity contribution in [1.82, 2.24) is 15.5 Å². The first-order chi connectivity index (χ1) is 8.00. The molecule has 1 heterocycles. The molecule has 1 amide bonds. The largest absolute Gasteiger partial charge is 0.396 e. The number of hydrogen-bond acceptors (Lipinski definition) is 4. The van der Waals surface area contributed by atoms with Gasteiger partial charge in [0.15, 0.2) is 0 Å². The summed E-state index contributed by atoms with van der Waals surface area (Å²) in [6.07, 6.45) is 1.17. The molecule has 0 radical (unpaired) electrons. The molecule has 0 saturated carbocycles. The molecule has 0 fully saturated rings. The Morgan fingerprint density at radius 2 is 2.29 bits per heavy atom. The zero-order valence-electron chi connectivity index (χ0n) is 9.99. The number of aromatic amines is 1. The highest BCUT2D eigenvalue weighted by Crippen LogP contribution is 2.14. The minimum Gasteiger partial charge on any atom is -0.396 e. The molecule has 0 bridgehead atoms. The van der Waals surface area contributed by atoms with E-state index in [1.54, 1.807) is 0 Å². The molecule has 6 heteroatoms. The lowest BCUT2D eigenvalue weighted by molar-refractivity contribution is 0.0880. The molecule has 0 aliphatic rings. The molecule has 1 atom stereocenters. The number of rotatable bonds is 5. The predicted octanol–water partition coefficient (Wildman–Crippen LogP) is 0.0508. The fourth-order valence-electron chi connectivity index (χ4n) is 1.38. The van der Waals surface area contributed by atoms with Crippen molar-refractivity contribution in [1.29, 1.82) is 0 Å². The van der Waals surface area contributed by atoms with Crippen molar-refractivity contribution in [3.8, 4) is 0 Å². The van der Waals surface area contributed by atoms with Gasteiger partial charge in [0.2, 0.25) is 0 Å². The Morgan fingerprint density at radius 1 is 1.59 bits per heavy atom. The molecule has 0 aliphatic carbocycles. The first-order valence-corrected chi connectivity index (χ1v) is 5.50. The Bertz CT molecular complexity index is 423. The van der Waals surface area contributed by atoms with Gasteiger partial charge < -0.3 is 10.4 Å². The number of nitrogens with zero attached hydrogens (tertiary/aromatic N) is 1. The van der Waals surface area contributed by atoms with Gasteiger partial charge in [-0.05, 0) is 25.8 Å². The van der Waals surface area contributed by atoms with E-state index >= 15 is 0 Å². The van der Waals surface area contributed by atoms with E-state index in [-0.39, 0.29) is 23.8 Å². The van der Waals surface area contributed by atoms with E-state index in [9.17, 15) is 9.59 Å². The molecule has 1 unspecified atom stereocenters. The molecule has 3 N–H and O–H groups in total. The van der Waals surface area contributed by atoms with Crippen LogP contribution in [0.1, 0.15) is 37.2 Å². The van der Waals surface area contributed by atoms with Crippen LogP contribution in [0, 0.1) is 0 Å². The maximum atomic E-state index is 11.8. The molecule has 6 nitrogen and oxygen atoms in total. The molecular weight excluding hydrogens is 222 g/mol. The minimum atomic E-state index is -0.469. The molecule has 0 saturated heterocycles. The molecular formula is C11H17N3O3. The molecule has 0 aliphatic heterocycles. The lowest BCUT2D eigenvalue weighted by Gasteiger charge is -2.28. The topological polar surface area (TPSA) is 95.1 Å². The van der Waals surface area contributed by atoms with Crippen LogP contribution in [0.25, 0.3) is 0 Å². The predicted molar refractivity (Wildman–Crippen MR) is 62.7 cm³/mol. The molecule has 17 heavy (non-hydrogen) atoms. The lowest BCUT2D eigenvalue weighted by atomic mass is 9.95. The quantitative estimate of drug-likeness (QED) is 0.676. The van der Waals surface area contributed by atoms with E-state index in [4.69, 9.17) is 5.11 Å². The summed E-state index contributed by atoms with van der Waals surface area (Å²) in [6, 6.07) is 2.61. The third-order valence-electron chi connectivity index (χ3n) is 2.77. The van der Waals surface area contributed by atoms with Gasteiger partial charge in [-0.2, -0.15) is 5.10 Å². The Labute approximate surface area is 99.1 Å². The Kier molecular flexibility index (Phi) is 4.39. The van der Waals surface area contributed by atoms with E-state index in [2.05, 4.69) is 15.5 Å². The molecule has 0 spiro atoms. The lowest BCUT2D eigenvalue weighted by Crippen LogP contribution is -2.46. The number of hydrogen-bond donors (Lipinski definition) is 3. The van der Waals surface area contributed by atoms with Gasteiger partial charge in [-0.1, -0.05) is 6.92 Å². The molecule has 0 aromatic carbocycles. The van der Waals surface area contributed by atoms with E-state index in [1.807, 2.05) is 13.8 Å². The Morgan fingerprint density at radius 3 is 2.76 bits per heavy atom. The number of aliphatic hydroxyl groups excluding tert-OH is 1. The minimum absolute atomic E-state index is 0.00364. The smallest absolute Gasteiger partial charge is 0.272 e. The SMILES string of the molecule is CCC(C)(CCO)NC(=O)c1ccc(=O)[nH]n1. The number of carbonyl (C=O) groups excluding carboxylic acids is 1. The number of aromatic nitrogens is 2. The van der Waals surface area contributed by atoms with Crippen molar-refractivity contribution in [3.05, 3.63) is 28.2 Å². The third-order valence-corrected chi connectivity index (χ3v) is 2.77. The van der Waals surface area contributed by atoms with Gasteiger partial charge in [-0.15, -0.1) is 0 Å². The highest BCUT2D eigenvalue weighted by atomic mass is 16.3. The second-order valence-electron chi connectivity index (χ2n) is 4.15. The van der Waals surface area contributed by atoms with Crippen molar-refractivity contribution in [3.63, 3.8) is 0 Å². The van der Waals surface area contributed by atoms with Crippen LogP contribution in [-0.4, -0.2) is 33.4 Å². The molecule has 1 aromatic heterocycles. The standard InChI is InChI=1S/C11H17N3O3/c1-3-11(2,6-7-15)12-10(17)8-4-5-9(16)14-13-8/h4-5,15H,3,6-7H2,1-2H3,(H,12,17)(H,14,16). The summed E-state index contributed by atoms with van der Waals surface area (Å²) in [7, 11) is 0. The first-order valence-electron chi connectivity index (χ1n) is 5.50. The van der Waals surface area contributed by atoms with Gasteiger partial charge >= 0.3 is 0 Å². The fourth-order valence-corrected chi connectivity index (χ4v) is 1.38. The molecule has 94 valence electrons. The highest BCUT2D eigenvalue weighted by molar-refractivity contribution is 5.92. The number of carbonyl (C=O) groups is 1.